The average Bonchev–Trinajstić information content (AvgIpc) is 2.52. The Kier molecular flexibility index (Phi) is 4.17. The van der Waals surface area contributed by atoms with Gasteiger partial charge in [-0.15, -0.1) is 0 Å². The van der Waals surface area contributed by atoms with Crippen LogP contribution < -0.4 is 5.32 Å². The van der Waals surface area contributed by atoms with Gasteiger partial charge in [-0.05, 0) is 39.7 Å². The number of hydrogen-bond acceptors (Lipinski definition) is 3. The van der Waals surface area contributed by atoms with E-state index in [0.717, 1.165) is 24.6 Å². The monoisotopic (exact) mass is 196 g/mol. The molecule has 1 heterocycles. The highest BCUT2D eigenvalue weighted by Gasteiger charge is 2.16. The first-order valence-corrected chi connectivity index (χ1v) is 5.08. The van der Waals surface area contributed by atoms with Crippen LogP contribution in [0.2, 0.25) is 0 Å². The number of hydrogen-bond donors (Lipinski definition) is 1. The van der Waals surface area contributed by atoms with Crippen LogP contribution in [-0.4, -0.2) is 32.1 Å². The summed E-state index contributed by atoms with van der Waals surface area (Å²) in [5, 5.41) is 3.34. The molecule has 1 N–H and O–H groups in total. The molecule has 0 aliphatic carbocycles. The fourth-order valence-corrected chi connectivity index (χ4v) is 1.45. The van der Waals surface area contributed by atoms with Gasteiger partial charge in [0.2, 0.25) is 0 Å². The first-order valence-electron chi connectivity index (χ1n) is 5.08. The van der Waals surface area contributed by atoms with Crippen LogP contribution in [0.5, 0.6) is 0 Å². The van der Waals surface area contributed by atoms with E-state index >= 15 is 0 Å². The third kappa shape index (κ3) is 2.86. The summed E-state index contributed by atoms with van der Waals surface area (Å²) in [7, 11) is 4.14. The van der Waals surface area contributed by atoms with E-state index < -0.39 is 0 Å². The van der Waals surface area contributed by atoms with Gasteiger partial charge in [-0.1, -0.05) is 6.92 Å². The lowest BCUT2D eigenvalue weighted by atomic mass is 10.2. The maximum Gasteiger partial charge on any atom is 0.122 e. The zero-order valence-electron chi connectivity index (χ0n) is 9.50. The second-order valence-electron chi connectivity index (χ2n) is 3.74. The summed E-state index contributed by atoms with van der Waals surface area (Å²) in [6.45, 7) is 6.00. The SMILES string of the molecule is CCNCC(c1ccc(C)o1)N(C)C. The van der Waals surface area contributed by atoms with E-state index in [4.69, 9.17) is 4.42 Å². The zero-order valence-corrected chi connectivity index (χ0v) is 9.50. The molecule has 0 aliphatic rings. The number of aryl methyl sites for hydroxylation is 1. The van der Waals surface area contributed by atoms with Gasteiger partial charge in [-0.2, -0.15) is 0 Å². The highest BCUT2D eigenvalue weighted by atomic mass is 16.3. The van der Waals surface area contributed by atoms with Crippen molar-refractivity contribution in [3.8, 4) is 0 Å². The average molecular weight is 196 g/mol. The predicted octanol–water partition coefficient (Wildman–Crippen LogP) is 1.80. The van der Waals surface area contributed by atoms with Gasteiger partial charge in [0.1, 0.15) is 11.5 Å². The summed E-state index contributed by atoms with van der Waals surface area (Å²) in [5.74, 6) is 2.01. The van der Waals surface area contributed by atoms with Crippen LogP contribution in [0.25, 0.3) is 0 Å². The van der Waals surface area contributed by atoms with Crippen LogP contribution in [0.15, 0.2) is 16.5 Å². The van der Waals surface area contributed by atoms with Crippen LogP contribution in [0, 0.1) is 6.92 Å². The van der Waals surface area contributed by atoms with Gasteiger partial charge >= 0.3 is 0 Å². The quantitative estimate of drug-likeness (QED) is 0.778. The largest absolute Gasteiger partial charge is 0.465 e. The van der Waals surface area contributed by atoms with Crippen molar-refractivity contribution in [3.63, 3.8) is 0 Å². The lowest BCUT2D eigenvalue weighted by molar-refractivity contribution is 0.249. The molecule has 0 spiro atoms. The number of nitrogens with one attached hydrogen (secondary N) is 1. The van der Waals surface area contributed by atoms with Gasteiger partial charge in [-0.25, -0.2) is 0 Å². The number of nitrogens with zero attached hydrogens (tertiary/aromatic N) is 1. The molecule has 1 unspecified atom stereocenters. The molecule has 1 atom stereocenters. The van der Waals surface area contributed by atoms with Gasteiger partial charge in [0.25, 0.3) is 0 Å². The smallest absolute Gasteiger partial charge is 0.122 e. The standard InChI is InChI=1S/C11H20N2O/c1-5-12-8-10(13(3)4)11-7-6-9(2)14-11/h6-7,10,12H,5,8H2,1-4H3. The molecule has 1 aromatic heterocycles. The van der Waals surface area contributed by atoms with E-state index in [2.05, 4.69) is 37.3 Å². The molecule has 14 heavy (non-hydrogen) atoms. The van der Waals surface area contributed by atoms with Crippen molar-refractivity contribution in [2.24, 2.45) is 0 Å². The molecule has 3 nitrogen and oxygen atoms in total. The Labute approximate surface area is 86.1 Å². The number of rotatable bonds is 5. The van der Waals surface area contributed by atoms with Crippen LogP contribution in [0.1, 0.15) is 24.5 Å². The van der Waals surface area contributed by atoms with Crippen molar-refractivity contribution in [3.05, 3.63) is 23.7 Å². The van der Waals surface area contributed by atoms with Crippen LogP contribution in [0.4, 0.5) is 0 Å². The van der Waals surface area contributed by atoms with E-state index in [1.807, 2.05) is 13.0 Å². The maximum absolute atomic E-state index is 5.62. The molecule has 0 saturated heterocycles. The number of furan rings is 1. The van der Waals surface area contributed by atoms with Crippen molar-refractivity contribution in [1.29, 1.82) is 0 Å². The van der Waals surface area contributed by atoms with Gasteiger partial charge in [0, 0.05) is 6.54 Å². The Balaban J connectivity index is 2.67. The van der Waals surface area contributed by atoms with E-state index in [9.17, 15) is 0 Å². The molecule has 0 bridgehead atoms. The lowest BCUT2D eigenvalue weighted by Gasteiger charge is -2.22. The summed E-state index contributed by atoms with van der Waals surface area (Å²) in [6.07, 6.45) is 0. The van der Waals surface area contributed by atoms with Crippen molar-refractivity contribution in [1.82, 2.24) is 10.2 Å². The topological polar surface area (TPSA) is 28.4 Å². The Morgan fingerprint density at radius 2 is 2.14 bits per heavy atom. The van der Waals surface area contributed by atoms with Gasteiger partial charge in [0.15, 0.2) is 0 Å². The summed E-state index contributed by atoms with van der Waals surface area (Å²) in [4.78, 5) is 2.17. The van der Waals surface area contributed by atoms with E-state index in [1.54, 1.807) is 0 Å². The normalized spacial score (nSPS) is 13.5. The second-order valence-corrected chi connectivity index (χ2v) is 3.74. The minimum atomic E-state index is 0.323. The molecule has 0 radical (unpaired) electrons. The highest BCUT2D eigenvalue weighted by molar-refractivity contribution is 5.10. The van der Waals surface area contributed by atoms with E-state index in [0.29, 0.717) is 6.04 Å². The lowest BCUT2D eigenvalue weighted by Crippen LogP contribution is -2.30. The molecule has 0 aliphatic heterocycles. The van der Waals surface area contributed by atoms with Crippen molar-refractivity contribution in [2.45, 2.75) is 19.9 Å². The number of likely N-dealkylation sites (N-methyl/N-ethyl adjacent to an activating group) is 2. The molecule has 0 aromatic carbocycles. The summed E-state index contributed by atoms with van der Waals surface area (Å²) in [6, 6.07) is 4.39. The molecular weight excluding hydrogens is 176 g/mol. The van der Waals surface area contributed by atoms with Gasteiger partial charge in [-0.3, -0.25) is 4.90 Å². The molecule has 80 valence electrons. The molecule has 0 saturated carbocycles. The van der Waals surface area contributed by atoms with E-state index in [-0.39, 0.29) is 0 Å². The maximum atomic E-state index is 5.62. The molecule has 0 fully saturated rings. The summed E-state index contributed by atoms with van der Waals surface area (Å²) < 4.78 is 5.62. The van der Waals surface area contributed by atoms with Gasteiger partial charge in [0.05, 0.1) is 6.04 Å². The first kappa shape index (κ1) is 11.3. The molecule has 0 amide bonds. The third-order valence-corrected chi connectivity index (χ3v) is 2.30. The Bertz CT molecular complexity index is 268. The van der Waals surface area contributed by atoms with Gasteiger partial charge < -0.3 is 9.73 Å². The summed E-state index contributed by atoms with van der Waals surface area (Å²) >= 11 is 0. The van der Waals surface area contributed by atoms with Crippen LogP contribution >= 0.6 is 0 Å². The van der Waals surface area contributed by atoms with E-state index in [1.165, 1.54) is 0 Å². The Hall–Kier alpha value is -0.800. The summed E-state index contributed by atoms with van der Waals surface area (Å²) in [5.41, 5.74) is 0. The fraction of sp³-hybridized carbons (Fsp3) is 0.636. The van der Waals surface area contributed by atoms with Crippen molar-refractivity contribution in [2.75, 3.05) is 27.2 Å². The minimum Gasteiger partial charge on any atom is -0.465 e. The molecule has 1 aromatic rings. The van der Waals surface area contributed by atoms with Crippen molar-refractivity contribution < 1.29 is 4.42 Å². The fourth-order valence-electron chi connectivity index (χ4n) is 1.45. The first-order chi connectivity index (χ1) is 6.65. The predicted molar refractivity (Wildman–Crippen MR) is 58.4 cm³/mol. The second kappa shape index (κ2) is 5.17. The molecule has 1 rings (SSSR count). The Morgan fingerprint density at radius 1 is 1.43 bits per heavy atom. The van der Waals surface area contributed by atoms with Crippen LogP contribution in [0.3, 0.4) is 0 Å². The van der Waals surface area contributed by atoms with Crippen LogP contribution in [-0.2, 0) is 0 Å². The van der Waals surface area contributed by atoms with Crippen molar-refractivity contribution >= 4 is 0 Å². The third-order valence-electron chi connectivity index (χ3n) is 2.30. The molecule has 3 heteroatoms. The highest BCUT2D eigenvalue weighted by Crippen LogP contribution is 2.19. The molecular formula is C11H20N2O. The Morgan fingerprint density at radius 3 is 2.57 bits per heavy atom. The zero-order chi connectivity index (χ0) is 10.6. The minimum absolute atomic E-state index is 0.323.